The summed E-state index contributed by atoms with van der Waals surface area (Å²) in [5.41, 5.74) is 0.745. The van der Waals surface area contributed by atoms with Gasteiger partial charge in [0.25, 0.3) is 11.8 Å². The van der Waals surface area contributed by atoms with Crippen LogP contribution in [0.1, 0.15) is 21.8 Å². The summed E-state index contributed by atoms with van der Waals surface area (Å²) < 4.78 is 11.1. The van der Waals surface area contributed by atoms with E-state index in [1.165, 1.54) is 46.7 Å². The first kappa shape index (κ1) is 27.2. The van der Waals surface area contributed by atoms with Crippen molar-refractivity contribution in [2.45, 2.75) is 24.2 Å². The zero-order valence-electron chi connectivity index (χ0n) is 23.6. The molecule has 0 spiro atoms. The number of rotatable bonds is 6. The third-order valence-electron chi connectivity index (χ3n) is 9.05. The van der Waals surface area contributed by atoms with Gasteiger partial charge in [-0.3, -0.25) is 19.2 Å². The Morgan fingerprint density at radius 1 is 0.523 bits per heavy atom. The molecule has 0 N–H and O–H groups in total. The fourth-order valence-corrected chi connectivity index (χ4v) is 9.15. The molecule has 4 fully saturated rings. The maximum absolute atomic E-state index is 14.5. The van der Waals surface area contributed by atoms with Crippen LogP contribution in [0.2, 0.25) is 0 Å². The van der Waals surface area contributed by atoms with E-state index in [0.29, 0.717) is 22.9 Å². The molecule has 0 bridgehead atoms. The second-order valence-electron chi connectivity index (χ2n) is 11.0. The van der Waals surface area contributed by atoms with Crippen LogP contribution in [-0.2, 0) is 19.2 Å². The fraction of sp³-hybridized carbons (Fsp3) is 0.250. The van der Waals surface area contributed by atoms with Gasteiger partial charge in [-0.25, -0.2) is 19.8 Å². The Kier molecular flexibility index (Phi) is 6.24. The number of thiophene rings is 2. The Morgan fingerprint density at radius 2 is 0.932 bits per heavy atom. The Balaban J connectivity index is 1.31. The van der Waals surface area contributed by atoms with Gasteiger partial charge in [0, 0.05) is 9.75 Å². The van der Waals surface area contributed by atoms with E-state index in [0.717, 1.165) is 9.75 Å². The predicted octanol–water partition coefficient (Wildman–Crippen LogP) is 4.27. The number of methoxy groups -OCH3 is 2. The molecule has 44 heavy (non-hydrogen) atoms. The zero-order chi connectivity index (χ0) is 30.3. The summed E-state index contributed by atoms with van der Waals surface area (Å²) in [5.74, 6) is -2.34. The van der Waals surface area contributed by atoms with Crippen LogP contribution in [0.4, 0.5) is 11.4 Å². The predicted molar refractivity (Wildman–Crippen MR) is 163 cm³/mol. The molecule has 4 saturated heterocycles. The molecule has 12 heteroatoms. The van der Waals surface area contributed by atoms with Crippen molar-refractivity contribution in [3.05, 3.63) is 93.3 Å². The number of hydrogen-bond acceptors (Lipinski definition) is 10. The zero-order valence-corrected chi connectivity index (χ0v) is 25.2. The van der Waals surface area contributed by atoms with E-state index in [-0.39, 0.29) is 11.8 Å². The van der Waals surface area contributed by atoms with Crippen LogP contribution in [0, 0.1) is 11.8 Å². The number of fused-ring (bicyclic) bond motifs is 5. The Hall–Kier alpha value is -4.36. The summed E-state index contributed by atoms with van der Waals surface area (Å²) in [4.78, 5) is 61.9. The van der Waals surface area contributed by atoms with Gasteiger partial charge in [0.1, 0.15) is 23.6 Å². The van der Waals surface area contributed by atoms with Crippen molar-refractivity contribution >= 4 is 57.7 Å². The maximum atomic E-state index is 14.5. The summed E-state index contributed by atoms with van der Waals surface area (Å²) in [7, 11) is 3.00. The molecule has 4 aromatic rings. The van der Waals surface area contributed by atoms with Crippen LogP contribution in [0.25, 0.3) is 0 Å². The van der Waals surface area contributed by atoms with Gasteiger partial charge in [-0.1, -0.05) is 36.4 Å². The van der Waals surface area contributed by atoms with Crippen molar-refractivity contribution in [1.82, 2.24) is 10.0 Å². The normalized spacial score (nSPS) is 28.1. The minimum atomic E-state index is -0.919. The van der Waals surface area contributed by atoms with Crippen LogP contribution >= 0.6 is 22.7 Å². The number of ether oxygens (including phenoxy) is 2. The number of amides is 4. The second kappa shape index (κ2) is 10.1. The topological polar surface area (TPSA) is 99.7 Å². The first-order valence-electron chi connectivity index (χ1n) is 14.1. The number of carbonyl (C=O) groups excluding carboxylic acids is 4. The summed E-state index contributed by atoms with van der Waals surface area (Å²) in [6.45, 7) is 0. The standard InChI is InChI=1S/C32H26N4O6S2/c1-41-19-11-5-3-9-17(19)33-29(37)23-25(21-13-7-15-43-21)36-28-24(26(22-14-8-16-44-22)35(36)27(23)31(33)39)30(38)34(32(28)40)18-10-4-6-12-20(18)42-2/h3-16,23-28H,1-2H3/t23-,24+,25+,26-,27-,28+. The number of carbonyl (C=O) groups is 4. The molecular formula is C32H26N4O6S2. The van der Waals surface area contributed by atoms with Crippen molar-refractivity contribution in [1.29, 1.82) is 0 Å². The van der Waals surface area contributed by atoms with E-state index < -0.39 is 47.8 Å². The van der Waals surface area contributed by atoms with Crippen molar-refractivity contribution in [3.63, 3.8) is 0 Å². The van der Waals surface area contributed by atoms with E-state index in [4.69, 9.17) is 9.47 Å². The lowest BCUT2D eigenvalue weighted by atomic mass is 9.88. The molecule has 2 aromatic heterocycles. The molecule has 4 aliphatic rings. The molecular weight excluding hydrogens is 601 g/mol. The SMILES string of the molecule is COc1ccccc1N1C(=O)[C@@H]2[C@@H](C1=O)N1[C@@H](c3cccs3)[C@H]3C(=O)N(c4ccccc4OC)C(=O)[C@@H]3N1[C@@H]2c1cccs1. The lowest BCUT2D eigenvalue weighted by molar-refractivity contribution is -0.135. The molecule has 6 heterocycles. The highest BCUT2D eigenvalue weighted by Crippen LogP contribution is 2.61. The molecule has 8 rings (SSSR count). The number of hydrogen-bond donors (Lipinski definition) is 0. The molecule has 10 nitrogen and oxygen atoms in total. The van der Waals surface area contributed by atoms with Crippen molar-refractivity contribution in [3.8, 4) is 11.5 Å². The molecule has 2 aromatic carbocycles. The molecule has 4 amide bonds. The molecule has 0 aliphatic carbocycles. The van der Waals surface area contributed by atoms with E-state index in [1.807, 2.05) is 45.0 Å². The summed E-state index contributed by atoms with van der Waals surface area (Å²) >= 11 is 2.92. The quantitative estimate of drug-likeness (QED) is 0.293. The first-order valence-corrected chi connectivity index (χ1v) is 15.9. The first-order chi connectivity index (χ1) is 21.5. The highest BCUT2D eigenvalue weighted by molar-refractivity contribution is 7.10. The monoisotopic (exact) mass is 626 g/mol. The Morgan fingerprint density at radius 3 is 1.30 bits per heavy atom. The van der Waals surface area contributed by atoms with Crippen LogP contribution < -0.4 is 19.3 Å². The van der Waals surface area contributed by atoms with Crippen molar-refractivity contribution in [2.24, 2.45) is 11.8 Å². The lowest BCUT2D eigenvalue weighted by Gasteiger charge is -2.35. The van der Waals surface area contributed by atoms with Crippen molar-refractivity contribution in [2.75, 3.05) is 24.0 Å². The van der Waals surface area contributed by atoms with Gasteiger partial charge in [0.15, 0.2) is 0 Å². The minimum absolute atomic E-state index is 0.364. The average Bonchev–Trinajstić information content (AvgIpc) is 3.88. The van der Waals surface area contributed by atoms with Crippen LogP contribution in [0.3, 0.4) is 0 Å². The maximum Gasteiger partial charge on any atom is 0.253 e. The number of nitrogens with zero attached hydrogens (tertiary/aromatic N) is 4. The van der Waals surface area contributed by atoms with Gasteiger partial charge in [-0.05, 0) is 47.2 Å². The van der Waals surface area contributed by atoms with E-state index in [9.17, 15) is 19.2 Å². The molecule has 0 saturated carbocycles. The second-order valence-corrected chi connectivity index (χ2v) is 12.9. The summed E-state index contributed by atoms with van der Waals surface area (Å²) in [5, 5.41) is 7.58. The van der Waals surface area contributed by atoms with Crippen LogP contribution in [0.5, 0.6) is 11.5 Å². The Bertz CT molecular complexity index is 1680. The summed E-state index contributed by atoms with van der Waals surface area (Å²) in [6.07, 6.45) is 0. The lowest BCUT2D eigenvalue weighted by Crippen LogP contribution is -2.50. The van der Waals surface area contributed by atoms with E-state index >= 15 is 0 Å². The summed E-state index contributed by atoms with van der Waals surface area (Å²) in [6, 6.07) is 18.4. The third kappa shape index (κ3) is 3.53. The number of para-hydroxylation sites is 4. The number of hydrazine groups is 1. The smallest absolute Gasteiger partial charge is 0.253 e. The van der Waals surface area contributed by atoms with Gasteiger partial charge in [-0.2, -0.15) is 0 Å². The van der Waals surface area contributed by atoms with Gasteiger partial charge in [-0.15, -0.1) is 22.7 Å². The molecule has 6 atom stereocenters. The van der Waals surface area contributed by atoms with Gasteiger partial charge in [0.2, 0.25) is 11.8 Å². The molecule has 0 unspecified atom stereocenters. The molecule has 222 valence electrons. The Labute approximate surface area is 260 Å². The van der Waals surface area contributed by atoms with Gasteiger partial charge >= 0.3 is 0 Å². The van der Waals surface area contributed by atoms with Crippen molar-refractivity contribution < 1.29 is 28.7 Å². The fourth-order valence-electron chi connectivity index (χ4n) is 7.42. The number of anilines is 2. The molecule has 0 radical (unpaired) electrons. The average molecular weight is 627 g/mol. The minimum Gasteiger partial charge on any atom is -0.495 e. The van der Waals surface area contributed by atoms with Gasteiger partial charge in [0.05, 0.1) is 49.5 Å². The van der Waals surface area contributed by atoms with E-state index in [1.54, 1.807) is 48.5 Å². The van der Waals surface area contributed by atoms with Gasteiger partial charge < -0.3 is 9.47 Å². The van der Waals surface area contributed by atoms with Crippen LogP contribution in [-0.4, -0.2) is 59.9 Å². The largest absolute Gasteiger partial charge is 0.495 e. The number of benzene rings is 2. The number of imide groups is 2. The highest BCUT2D eigenvalue weighted by Gasteiger charge is 2.74. The highest BCUT2D eigenvalue weighted by atomic mass is 32.1. The van der Waals surface area contributed by atoms with Crippen LogP contribution in [0.15, 0.2) is 83.6 Å². The third-order valence-corrected chi connectivity index (χ3v) is 10.9. The molecule has 4 aliphatic heterocycles. The van der Waals surface area contributed by atoms with E-state index in [2.05, 4.69) is 0 Å².